The van der Waals surface area contributed by atoms with Crippen molar-refractivity contribution in [1.29, 1.82) is 0 Å². The standard InChI is InChI=1S/C12H15N3O4S/c1-9-2-3-11(6-10(9)7-16)20(17,18)15-5-4-12-13-8-14-19-12/h2-3,6,8,15-16H,4-5,7H2,1H3. The van der Waals surface area contributed by atoms with Crippen LogP contribution in [0.1, 0.15) is 17.0 Å². The maximum Gasteiger partial charge on any atom is 0.240 e. The zero-order valence-corrected chi connectivity index (χ0v) is 11.7. The number of benzene rings is 1. The summed E-state index contributed by atoms with van der Waals surface area (Å²) in [4.78, 5) is 3.92. The second-order valence-corrected chi connectivity index (χ2v) is 6.00. The van der Waals surface area contributed by atoms with E-state index in [-0.39, 0.29) is 18.0 Å². The largest absolute Gasteiger partial charge is 0.392 e. The third-order valence-corrected chi connectivity index (χ3v) is 4.30. The van der Waals surface area contributed by atoms with E-state index in [1.54, 1.807) is 6.07 Å². The Morgan fingerprint density at radius 1 is 1.40 bits per heavy atom. The molecule has 0 aliphatic carbocycles. The second kappa shape index (κ2) is 6.12. The van der Waals surface area contributed by atoms with Gasteiger partial charge in [0.15, 0.2) is 6.33 Å². The quantitative estimate of drug-likeness (QED) is 0.799. The molecule has 0 atom stereocenters. The summed E-state index contributed by atoms with van der Waals surface area (Å²) >= 11 is 0. The van der Waals surface area contributed by atoms with E-state index in [2.05, 4.69) is 14.9 Å². The summed E-state index contributed by atoms with van der Waals surface area (Å²) in [6, 6.07) is 4.63. The summed E-state index contributed by atoms with van der Waals surface area (Å²) in [6.07, 6.45) is 1.58. The number of aliphatic hydroxyl groups is 1. The maximum absolute atomic E-state index is 12.1. The molecule has 20 heavy (non-hydrogen) atoms. The van der Waals surface area contributed by atoms with Crippen LogP contribution in [-0.2, 0) is 23.1 Å². The highest BCUT2D eigenvalue weighted by molar-refractivity contribution is 7.89. The molecule has 2 rings (SSSR count). The molecule has 0 saturated heterocycles. The van der Waals surface area contributed by atoms with Crippen molar-refractivity contribution in [2.24, 2.45) is 0 Å². The molecular weight excluding hydrogens is 282 g/mol. The number of aliphatic hydroxyl groups excluding tert-OH is 1. The second-order valence-electron chi connectivity index (χ2n) is 4.23. The fourth-order valence-electron chi connectivity index (χ4n) is 1.67. The first-order valence-corrected chi connectivity index (χ1v) is 7.47. The Balaban J connectivity index is 2.06. The number of nitrogens with zero attached hydrogens (tertiary/aromatic N) is 2. The van der Waals surface area contributed by atoms with Crippen LogP contribution in [0.4, 0.5) is 0 Å². The van der Waals surface area contributed by atoms with Gasteiger partial charge < -0.3 is 9.63 Å². The summed E-state index contributed by atoms with van der Waals surface area (Å²) in [5, 5.41) is 12.6. The first kappa shape index (κ1) is 14.6. The summed E-state index contributed by atoms with van der Waals surface area (Å²) in [5.74, 6) is 0.368. The average Bonchev–Trinajstić information content (AvgIpc) is 2.92. The zero-order chi connectivity index (χ0) is 14.6. The van der Waals surface area contributed by atoms with Gasteiger partial charge in [0.2, 0.25) is 15.9 Å². The first-order chi connectivity index (χ1) is 9.53. The van der Waals surface area contributed by atoms with Crippen LogP contribution < -0.4 is 4.72 Å². The fraction of sp³-hybridized carbons (Fsp3) is 0.333. The third kappa shape index (κ3) is 3.41. The molecule has 0 spiro atoms. The molecule has 0 fully saturated rings. The molecule has 8 heteroatoms. The van der Waals surface area contributed by atoms with E-state index in [9.17, 15) is 8.42 Å². The predicted molar refractivity (Wildman–Crippen MR) is 70.3 cm³/mol. The molecule has 0 unspecified atom stereocenters. The number of aryl methyl sites for hydroxylation is 1. The number of sulfonamides is 1. The number of hydrogen-bond acceptors (Lipinski definition) is 6. The van der Waals surface area contributed by atoms with Crippen LogP contribution in [0.15, 0.2) is 33.9 Å². The van der Waals surface area contributed by atoms with Gasteiger partial charge in [-0.15, -0.1) is 0 Å². The number of rotatable bonds is 6. The zero-order valence-electron chi connectivity index (χ0n) is 10.9. The van der Waals surface area contributed by atoms with Gasteiger partial charge in [-0.05, 0) is 30.2 Å². The summed E-state index contributed by atoms with van der Waals surface area (Å²) in [7, 11) is -3.61. The van der Waals surface area contributed by atoms with E-state index in [1.165, 1.54) is 18.5 Å². The Morgan fingerprint density at radius 3 is 2.85 bits per heavy atom. The number of hydrogen-bond donors (Lipinski definition) is 2. The van der Waals surface area contributed by atoms with E-state index in [0.29, 0.717) is 17.9 Å². The molecule has 108 valence electrons. The van der Waals surface area contributed by atoms with Crippen LogP contribution in [0.25, 0.3) is 0 Å². The van der Waals surface area contributed by atoms with Crippen molar-refractivity contribution < 1.29 is 18.0 Å². The molecule has 1 aromatic carbocycles. The highest BCUT2D eigenvalue weighted by atomic mass is 32.2. The molecule has 0 aliphatic rings. The van der Waals surface area contributed by atoms with Gasteiger partial charge in [-0.25, -0.2) is 13.1 Å². The lowest BCUT2D eigenvalue weighted by atomic mass is 10.1. The Labute approximate surface area is 116 Å². The Bertz CT molecular complexity index is 668. The van der Waals surface area contributed by atoms with Gasteiger partial charge >= 0.3 is 0 Å². The monoisotopic (exact) mass is 297 g/mol. The van der Waals surface area contributed by atoms with Gasteiger partial charge in [0.05, 0.1) is 11.5 Å². The molecule has 0 amide bonds. The predicted octanol–water partition coefficient (Wildman–Crippen LogP) is 0.391. The minimum atomic E-state index is -3.61. The van der Waals surface area contributed by atoms with Crippen LogP contribution in [0.5, 0.6) is 0 Å². The van der Waals surface area contributed by atoms with E-state index < -0.39 is 10.0 Å². The van der Waals surface area contributed by atoms with Crippen LogP contribution >= 0.6 is 0 Å². The van der Waals surface area contributed by atoms with Crippen LogP contribution in [0.2, 0.25) is 0 Å². The first-order valence-electron chi connectivity index (χ1n) is 5.98. The topological polar surface area (TPSA) is 105 Å². The normalized spacial score (nSPS) is 11.7. The molecule has 0 saturated carbocycles. The smallest absolute Gasteiger partial charge is 0.240 e. The molecule has 7 nitrogen and oxygen atoms in total. The van der Waals surface area contributed by atoms with Crippen molar-refractivity contribution in [2.75, 3.05) is 6.54 Å². The van der Waals surface area contributed by atoms with Gasteiger partial charge in [-0.3, -0.25) is 0 Å². The van der Waals surface area contributed by atoms with Crippen molar-refractivity contribution in [3.8, 4) is 0 Å². The SMILES string of the molecule is Cc1ccc(S(=O)(=O)NCCc2ncno2)cc1CO. The fourth-order valence-corrected chi connectivity index (χ4v) is 2.75. The van der Waals surface area contributed by atoms with Gasteiger partial charge in [0, 0.05) is 13.0 Å². The molecule has 1 aromatic heterocycles. The highest BCUT2D eigenvalue weighted by Gasteiger charge is 2.15. The van der Waals surface area contributed by atoms with Crippen molar-refractivity contribution in [3.63, 3.8) is 0 Å². The number of nitrogens with one attached hydrogen (secondary N) is 1. The van der Waals surface area contributed by atoms with Crippen LogP contribution in [0.3, 0.4) is 0 Å². The van der Waals surface area contributed by atoms with E-state index in [0.717, 1.165) is 5.56 Å². The van der Waals surface area contributed by atoms with Gasteiger partial charge in [-0.2, -0.15) is 4.98 Å². The van der Waals surface area contributed by atoms with Gasteiger partial charge in [0.25, 0.3) is 0 Å². The van der Waals surface area contributed by atoms with Crippen molar-refractivity contribution in [2.45, 2.75) is 24.8 Å². The van der Waals surface area contributed by atoms with Crippen LogP contribution in [0, 0.1) is 6.92 Å². The molecule has 0 bridgehead atoms. The van der Waals surface area contributed by atoms with Gasteiger partial charge in [0.1, 0.15) is 0 Å². The molecule has 0 radical (unpaired) electrons. The van der Waals surface area contributed by atoms with Gasteiger partial charge in [-0.1, -0.05) is 11.2 Å². The van der Waals surface area contributed by atoms with Crippen molar-refractivity contribution in [3.05, 3.63) is 41.5 Å². The van der Waals surface area contributed by atoms with E-state index in [4.69, 9.17) is 9.63 Å². The molecule has 2 N–H and O–H groups in total. The molecular formula is C12H15N3O4S. The average molecular weight is 297 g/mol. The maximum atomic E-state index is 12.1. The lowest BCUT2D eigenvalue weighted by Gasteiger charge is -2.08. The van der Waals surface area contributed by atoms with Crippen molar-refractivity contribution >= 4 is 10.0 Å². The minimum Gasteiger partial charge on any atom is -0.392 e. The molecule has 0 aliphatic heterocycles. The van der Waals surface area contributed by atoms with Crippen molar-refractivity contribution in [1.82, 2.24) is 14.9 Å². The van der Waals surface area contributed by atoms with E-state index in [1.807, 2.05) is 6.92 Å². The Kier molecular flexibility index (Phi) is 4.48. The minimum absolute atomic E-state index is 0.123. The third-order valence-electron chi connectivity index (χ3n) is 2.84. The summed E-state index contributed by atoms with van der Waals surface area (Å²) < 4.78 is 31.4. The Morgan fingerprint density at radius 2 is 2.20 bits per heavy atom. The highest BCUT2D eigenvalue weighted by Crippen LogP contribution is 2.15. The van der Waals surface area contributed by atoms with Crippen LogP contribution in [-0.4, -0.2) is 30.2 Å². The molecule has 2 aromatic rings. The molecule has 1 heterocycles. The lowest BCUT2D eigenvalue weighted by molar-refractivity contribution is 0.280. The summed E-state index contributed by atoms with van der Waals surface area (Å²) in [6.45, 7) is 1.77. The number of aromatic nitrogens is 2. The Hall–Kier alpha value is -1.77. The van der Waals surface area contributed by atoms with E-state index >= 15 is 0 Å². The summed E-state index contributed by atoms with van der Waals surface area (Å²) in [5.41, 5.74) is 1.43. The lowest BCUT2D eigenvalue weighted by Crippen LogP contribution is -2.26.